The number of primary amides is 1. The van der Waals surface area contributed by atoms with E-state index in [0.29, 0.717) is 0 Å². The summed E-state index contributed by atoms with van der Waals surface area (Å²) in [5.74, 6) is -0.544. The number of hydrogen-bond acceptors (Lipinski definition) is 2. The third kappa shape index (κ3) is 4.08. The van der Waals surface area contributed by atoms with Gasteiger partial charge < -0.3 is 15.8 Å². The molecule has 7 heteroatoms. The number of allylic oxidation sites excluding steroid dienone is 2. The topological polar surface area (TPSA) is 64.4 Å². The molecule has 0 saturated carbocycles. The van der Waals surface area contributed by atoms with Gasteiger partial charge in [0.15, 0.2) is 5.76 Å². The lowest BCUT2D eigenvalue weighted by molar-refractivity contribution is -0.303. The fourth-order valence-electron chi connectivity index (χ4n) is 0.761. The molecule has 0 unspecified atom stereocenters. The molecule has 0 aromatic rings. The molecule has 4 nitrogen and oxygen atoms in total. The number of halogens is 3. The van der Waals surface area contributed by atoms with E-state index in [1.165, 1.54) is 0 Å². The number of rotatable bonds is 2. The van der Waals surface area contributed by atoms with Gasteiger partial charge in [0, 0.05) is 0 Å². The highest BCUT2D eigenvalue weighted by atomic mass is 19.4. The summed E-state index contributed by atoms with van der Waals surface area (Å²) in [5, 5.41) is 2.11. The van der Waals surface area contributed by atoms with Gasteiger partial charge in [0.05, 0.1) is 5.70 Å². The first-order valence-corrected chi connectivity index (χ1v) is 3.63. The van der Waals surface area contributed by atoms with Gasteiger partial charge in [-0.2, -0.15) is 0 Å². The molecule has 0 saturated heterocycles. The monoisotopic (exact) mass is 218 g/mol. The highest BCUT2D eigenvalue weighted by Gasteiger charge is 2.31. The third-order valence-corrected chi connectivity index (χ3v) is 1.21. The number of nitrogens with two attached hydrogens (primary N) is 1. The number of carbonyl (C=O) groups is 1. The van der Waals surface area contributed by atoms with Crippen LogP contribution in [0.5, 0.6) is 0 Å². The van der Waals surface area contributed by atoms with Crippen LogP contribution in [0, 0.1) is 0 Å². The molecular weight excluding hydrogens is 213 g/mol. The van der Waals surface area contributed by atoms with Crippen LogP contribution in [0.3, 0.4) is 0 Å². The zero-order chi connectivity index (χ0) is 11.5. The average Bonchev–Trinajstić information content (AvgIpc) is 2.05. The maximum atomic E-state index is 11.7. The molecule has 1 aliphatic carbocycles. The van der Waals surface area contributed by atoms with E-state index in [0.717, 1.165) is 12.2 Å². The van der Waals surface area contributed by atoms with Gasteiger partial charge in [-0.25, -0.2) is 4.79 Å². The van der Waals surface area contributed by atoms with Gasteiger partial charge in [0.1, 0.15) is 0 Å². The SMILES string of the molecule is NC(=O)NC1=C=C=C(OC(F)(F)F)C=C1. The molecule has 0 aromatic carbocycles. The molecule has 0 atom stereocenters. The van der Waals surface area contributed by atoms with Crippen LogP contribution in [0.4, 0.5) is 18.0 Å². The van der Waals surface area contributed by atoms with E-state index in [9.17, 15) is 18.0 Å². The largest absolute Gasteiger partial charge is 0.573 e. The van der Waals surface area contributed by atoms with Crippen molar-refractivity contribution in [3.63, 3.8) is 0 Å². The molecule has 0 fully saturated rings. The van der Waals surface area contributed by atoms with E-state index in [2.05, 4.69) is 21.5 Å². The Kier molecular flexibility index (Phi) is 2.90. The zero-order valence-electron chi connectivity index (χ0n) is 7.18. The minimum absolute atomic E-state index is 0.108. The Morgan fingerprint density at radius 1 is 1.40 bits per heavy atom. The molecule has 0 radical (unpaired) electrons. The smallest absolute Gasteiger partial charge is 0.397 e. The first-order chi connectivity index (χ1) is 6.87. The van der Waals surface area contributed by atoms with Gasteiger partial charge in [-0.1, -0.05) is 0 Å². The Morgan fingerprint density at radius 2 is 2.07 bits per heavy atom. The summed E-state index contributed by atoms with van der Waals surface area (Å²) < 4.78 is 38.6. The fourth-order valence-corrected chi connectivity index (χ4v) is 0.761. The van der Waals surface area contributed by atoms with Crippen LogP contribution in [0.15, 0.2) is 35.1 Å². The molecule has 2 amide bonds. The highest BCUT2D eigenvalue weighted by Crippen LogP contribution is 2.21. The molecule has 0 spiro atoms. The lowest BCUT2D eigenvalue weighted by Gasteiger charge is -2.08. The summed E-state index contributed by atoms with van der Waals surface area (Å²) in [5.41, 5.74) is 9.17. The van der Waals surface area contributed by atoms with E-state index in [4.69, 9.17) is 5.73 Å². The van der Waals surface area contributed by atoms with Crippen LogP contribution in [0.1, 0.15) is 0 Å². The predicted molar refractivity (Wildman–Crippen MR) is 43.1 cm³/mol. The number of urea groups is 1. The molecule has 0 aliphatic heterocycles. The van der Waals surface area contributed by atoms with Crippen molar-refractivity contribution in [2.45, 2.75) is 6.36 Å². The Bertz CT molecular complexity index is 410. The minimum atomic E-state index is -4.77. The summed E-state index contributed by atoms with van der Waals surface area (Å²) in [6.45, 7) is 0. The fraction of sp³-hybridized carbons (Fsp3) is 0.125. The van der Waals surface area contributed by atoms with E-state index in [-0.39, 0.29) is 5.70 Å². The number of alkyl halides is 3. The van der Waals surface area contributed by atoms with Crippen molar-refractivity contribution in [1.29, 1.82) is 0 Å². The molecule has 15 heavy (non-hydrogen) atoms. The quantitative estimate of drug-likeness (QED) is 0.685. The van der Waals surface area contributed by atoms with E-state index in [1.807, 2.05) is 0 Å². The van der Waals surface area contributed by atoms with E-state index >= 15 is 0 Å². The van der Waals surface area contributed by atoms with Gasteiger partial charge in [-0.3, -0.25) is 0 Å². The van der Waals surface area contributed by atoms with E-state index < -0.39 is 18.2 Å². The lowest BCUT2D eigenvalue weighted by Crippen LogP contribution is -2.27. The number of nitrogens with one attached hydrogen (secondary N) is 1. The summed E-state index contributed by atoms with van der Waals surface area (Å²) in [4.78, 5) is 10.3. The summed E-state index contributed by atoms with van der Waals surface area (Å²) in [6, 6.07) is -0.843. The Hall–Kier alpha value is -2.10. The second kappa shape index (κ2) is 3.96. The highest BCUT2D eigenvalue weighted by molar-refractivity contribution is 5.74. The lowest BCUT2D eigenvalue weighted by atomic mass is 10.3. The number of carbonyl (C=O) groups excluding carboxylic acids is 1. The first kappa shape index (κ1) is 11.0. The van der Waals surface area contributed by atoms with Crippen LogP contribution < -0.4 is 11.1 Å². The average molecular weight is 218 g/mol. The van der Waals surface area contributed by atoms with Crippen molar-refractivity contribution in [1.82, 2.24) is 5.32 Å². The Labute approximate surface area is 82.2 Å². The molecule has 1 rings (SSSR count). The van der Waals surface area contributed by atoms with Crippen molar-refractivity contribution in [3.8, 4) is 0 Å². The molecule has 0 heterocycles. The minimum Gasteiger partial charge on any atom is -0.397 e. The van der Waals surface area contributed by atoms with Crippen LogP contribution >= 0.6 is 0 Å². The van der Waals surface area contributed by atoms with Crippen molar-refractivity contribution < 1.29 is 22.7 Å². The number of amides is 2. The second-order valence-corrected chi connectivity index (χ2v) is 2.40. The maximum Gasteiger partial charge on any atom is 0.573 e. The van der Waals surface area contributed by atoms with Gasteiger partial charge in [0.2, 0.25) is 0 Å². The molecular formula is C8H5F3N2O2. The van der Waals surface area contributed by atoms with Crippen molar-refractivity contribution in [2.75, 3.05) is 0 Å². The van der Waals surface area contributed by atoms with Crippen LogP contribution in [-0.2, 0) is 4.74 Å². The van der Waals surface area contributed by atoms with Crippen LogP contribution in [-0.4, -0.2) is 12.4 Å². The van der Waals surface area contributed by atoms with Crippen molar-refractivity contribution in [2.24, 2.45) is 5.73 Å². The summed E-state index contributed by atoms with van der Waals surface area (Å²) in [7, 11) is 0. The van der Waals surface area contributed by atoms with Gasteiger partial charge in [-0.15, -0.1) is 13.2 Å². The number of hydrogen-bond donors (Lipinski definition) is 2. The zero-order valence-corrected chi connectivity index (χ0v) is 7.18. The maximum absolute atomic E-state index is 11.7. The molecule has 80 valence electrons. The third-order valence-electron chi connectivity index (χ3n) is 1.21. The normalized spacial score (nSPS) is 14.3. The standard InChI is InChI=1S/C8H5F3N2O2/c9-8(10,11)15-6-3-1-5(2-4-6)13-7(12)14/h1,3H,(H3,12,13,14). The first-order valence-electron chi connectivity index (χ1n) is 3.63. The summed E-state index contributed by atoms with van der Waals surface area (Å²) >= 11 is 0. The number of ether oxygens (including phenoxy) is 1. The molecule has 3 N–H and O–H groups in total. The predicted octanol–water partition coefficient (Wildman–Crippen LogP) is 1.28. The summed E-state index contributed by atoms with van der Waals surface area (Å²) in [6.07, 6.45) is -2.64. The van der Waals surface area contributed by atoms with E-state index in [1.54, 1.807) is 0 Å². The van der Waals surface area contributed by atoms with Gasteiger partial charge in [-0.05, 0) is 23.6 Å². The molecule has 0 aromatic heterocycles. The van der Waals surface area contributed by atoms with Crippen LogP contribution in [0.2, 0.25) is 0 Å². The molecule has 1 aliphatic rings. The Morgan fingerprint density at radius 3 is 2.47 bits per heavy atom. The van der Waals surface area contributed by atoms with Crippen molar-refractivity contribution >= 4 is 6.03 Å². The van der Waals surface area contributed by atoms with Crippen LogP contribution in [0.25, 0.3) is 0 Å². The Balaban J connectivity index is 2.81. The van der Waals surface area contributed by atoms with Gasteiger partial charge in [0.25, 0.3) is 0 Å². The molecule has 0 bridgehead atoms. The second-order valence-electron chi connectivity index (χ2n) is 2.40. The van der Waals surface area contributed by atoms with Gasteiger partial charge >= 0.3 is 12.4 Å². The van der Waals surface area contributed by atoms with Crippen molar-refractivity contribution in [3.05, 3.63) is 35.1 Å².